The van der Waals surface area contributed by atoms with Crippen LogP contribution in [-0.4, -0.2) is 79.6 Å². The maximum atomic E-state index is 13.2. The fourth-order valence-electron chi connectivity index (χ4n) is 3.83. The predicted octanol–water partition coefficient (Wildman–Crippen LogP) is 0.412. The van der Waals surface area contributed by atoms with Crippen molar-refractivity contribution in [2.75, 3.05) is 6.61 Å². The number of Topliss-reactive ketones (excluding diaryl/α,β-unsaturated/α-hetero) is 1. The molecule has 0 amide bonds. The molecule has 3 heterocycles. The lowest BCUT2D eigenvalue weighted by Gasteiger charge is -2.39. The van der Waals surface area contributed by atoms with E-state index in [0.29, 0.717) is 5.52 Å². The van der Waals surface area contributed by atoms with Crippen LogP contribution >= 0.6 is 0 Å². The largest absolute Gasteiger partial charge is 0.393 e. The molecule has 9 heteroatoms. The Morgan fingerprint density at radius 1 is 1.23 bits per heavy atom. The van der Waals surface area contributed by atoms with Crippen LogP contribution in [0.2, 0.25) is 0 Å². The number of hydrogen-bond acceptors (Lipinski definition) is 8. The second-order valence-electron chi connectivity index (χ2n) is 7.56. The van der Waals surface area contributed by atoms with E-state index in [4.69, 9.17) is 9.47 Å². The molecule has 0 bridgehead atoms. The topological polar surface area (TPSA) is 145 Å². The highest BCUT2D eigenvalue weighted by molar-refractivity contribution is 6.16. The van der Waals surface area contributed by atoms with E-state index in [1.54, 1.807) is 6.20 Å². The summed E-state index contributed by atoms with van der Waals surface area (Å²) < 4.78 is 10.9. The summed E-state index contributed by atoms with van der Waals surface area (Å²) in [7, 11) is 0. The lowest BCUT2D eigenvalue weighted by molar-refractivity contribution is -0.301. The number of nitrogens with zero attached hydrogens (tertiary/aromatic N) is 1. The number of carbonyl (C=O) groups is 1. The van der Waals surface area contributed by atoms with Crippen molar-refractivity contribution in [3.05, 3.63) is 41.7 Å². The first kappa shape index (κ1) is 20.9. The number of aromatic amines is 1. The summed E-state index contributed by atoms with van der Waals surface area (Å²) in [6, 6.07) is 7.61. The average molecular weight is 416 g/mol. The van der Waals surface area contributed by atoms with Crippen molar-refractivity contribution in [2.45, 2.75) is 50.7 Å². The molecule has 0 spiro atoms. The number of rotatable bonds is 5. The fourth-order valence-corrected chi connectivity index (χ4v) is 3.83. The number of aliphatic hydroxyl groups is 4. The van der Waals surface area contributed by atoms with Gasteiger partial charge in [-0.15, -0.1) is 0 Å². The van der Waals surface area contributed by atoms with Gasteiger partial charge in [-0.05, 0) is 25.5 Å². The van der Waals surface area contributed by atoms with E-state index < -0.39 is 49.2 Å². The van der Waals surface area contributed by atoms with E-state index in [2.05, 4.69) is 9.97 Å². The molecule has 0 unspecified atom stereocenters. The van der Waals surface area contributed by atoms with Crippen molar-refractivity contribution in [3.8, 4) is 0 Å². The van der Waals surface area contributed by atoms with Crippen LogP contribution in [0, 0.1) is 6.92 Å². The van der Waals surface area contributed by atoms with E-state index >= 15 is 0 Å². The van der Waals surface area contributed by atoms with Crippen molar-refractivity contribution >= 4 is 27.6 Å². The Balaban J connectivity index is 1.68. The minimum atomic E-state index is -1.59. The lowest BCUT2D eigenvalue weighted by atomic mass is 10.00. The maximum absolute atomic E-state index is 13.2. The lowest BCUT2D eigenvalue weighted by Crippen LogP contribution is -2.58. The summed E-state index contributed by atoms with van der Waals surface area (Å²) in [4.78, 5) is 20.6. The van der Waals surface area contributed by atoms with Gasteiger partial charge < -0.3 is 34.9 Å². The minimum Gasteiger partial charge on any atom is -0.393 e. The molecule has 1 aliphatic rings. The average Bonchev–Trinajstić information content (AvgIpc) is 3.14. The van der Waals surface area contributed by atoms with E-state index in [0.717, 1.165) is 21.9 Å². The molecule has 1 fully saturated rings. The Kier molecular flexibility index (Phi) is 5.58. The highest BCUT2D eigenvalue weighted by Crippen LogP contribution is 2.30. The van der Waals surface area contributed by atoms with Gasteiger partial charge in [0.2, 0.25) is 5.78 Å². The van der Waals surface area contributed by atoms with Crippen molar-refractivity contribution in [1.29, 1.82) is 0 Å². The summed E-state index contributed by atoms with van der Waals surface area (Å²) in [5.41, 5.74) is 2.34. The predicted molar refractivity (Wildman–Crippen MR) is 107 cm³/mol. The van der Waals surface area contributed by atoms with E-state index in [9.17, 15) is 25.2 Å². The molecule has 160 valence electrons. The van der Waals surface area contributed by atoms with Crippen molar-refractivity contribution in [2.24, 2.45) is 0 Å². The number of ether oxygens (including phenoxy) is 2. The number of hydrogen-bond donors (Lipinski definition) is 5. The number of aryl methyl sites for hydroxylation is 1. The summed E-state index contributed by atoms with van der Waals surface area (Å²) >= 11 is 0. The van der Waals surface area contributed by atoms with Gasteiger partial charge in [0.25, 0.3) is 0 Å². The molecule has 9 nitrogen and oxygen atoms in total. The number of aromatic nitrogens is 2. The van der Waals surface area contributed by atoms with Crippen LogP contribution < -0.4 is 0 Å². The van der Waals surface area contributed by atoms with Gasteiger partial charge in [-0.25, -0.2) is 0 Å². The third-order valence-electron chi connectivity index (χ3n) is 5.52. The quantitative estimate of drug-likeness (QED) is 0.376. The van der Waals surface area contributed by atoms with Gasteiger partial charge in [-0.1, -0.05) is 18.2 Å². The van der Waals surface area contributed by atoms with Crippen LogP contribution in [0.25, 0.3) is 21.8 Å². The first-order valence-electron chi connectivity index (χ1n) is 9.69. The van der Waals surface area contributed by atoms with Crippen LogP contribution in [0.5, 0.6) is 0 Å². The number of ketones is 1. The molecule has 1 saturated heterocycles. The Labute approximate surface area is 171 Å². The highest BCUT2D eigenvalue weighted by Gasteiger charge is 2.44. The normalized spacial score (nSPS) is 28.1. The SMILES string of the molecule is Cc1cnc(C(=O)[C@H](CO)O[C@@H]2O[C@@H](C)[C@H](O)[C@@H](O)[C@@H]2O)c2[nH]c3ccccc3c12. The molecule has 2 aromatic heterocycles. The smallest absolute Gasteiger partial charge is 0.214 e. The first-order valence-corrected chi connectivity index (χ1v) is 9.69. The number of pyridine rings is 1. The van der Waals surface area contributed by atoms with Gasteiger partial charge in [0.15, 0.2) is 6.29 Å². The highest BCUT2D eigenvalue weighted by atomic mass is 16.7. The van der Waals surface area contributed by atoms with Crippen LogP contribution in [0.15, 0.2) is 30.5 Å². The summed E-state index contributed by atoms with van der Waals surface area (Å²) in [5.74, 6) is -0.599. The zero-order valence-corrected chi connectivity index (χ0v) is 16.5. The van der Waals surface area contributed by atoms with Crippen molar-refractivity contribution in [1.82, 2.24) is 9.97 Å². The van der Waals surface area contributed by atoms with E-state index in [1.165, 1.54) is 6.92 Å². The number of benzene rings is 1. The summed E-state index contributed by atoms with van der Waals surface area (Å²) in [6.45, 7) is 2.71. The van der Waals surface area contributed by atoms with Gasteiger partial charge in [-0.2, -0.15) is 0 Å². The maximum Gasteiger partial charge on any atom is 0.214 e. The second kappa shape index (κ2) is 8.03. The molecular weight excluding hydrogens is 392 g/mol. The number of carbonyl (C=O) groups excluding carboxylic acids is 1. The molecule has 0 aliphatic carbocycles. The third kappa shape index (κ3) is 3.39. The number of nitrogens with one attached hydrogen (secondary N) is 1. The first-order chi connectivity index (χ1) is 14.3. The number of aliphatic hydroxyl groups excluding tert-OH is 4. The number of fused-ring (bicyclic) bond motifs is 3. The molecule has 6 atom stereocenters. The molecule has 0 saturated carbocycles. The fraction of sp³-hybridized carbons (Fsp3) is 0.429. The second-order valence-corrected chi connectivity index (χ2v) is 7.56. The molecule has 1 aromatic carbocycles. The Hall–Kier alpha value is -2.40. The third-order valence-corrected chi connectivity index (χ3v) is 5.52. The molecule has 1 aliphatic heterocycles. The van der Waals surface area contributed by atoms with Gasteiger partial charge in [-0.3, -0.25) is 9.78 Å². The zero-order valence-electron chi connectivity index (χ0n) is 16.5. The standard InChI is InChI=1S/C21H24N2O7/c1-9-7-22-16(15-14(9)11-5-3-4-6-12(11)23-15)18(26)13(8-24)30-21-20(28)19(27)17(25)10(2)29-21/h3-7,10,13,17,19-21,23-25,27-28H,8H2,1-2H3/t10-,13-,17-,19+,20-,21-/m0/s1. The van der Waals surface area contributed by atoms with Crippen LogP contribution in [0.1, 0.15) is 23.0 Å². The Morgan fingerprint density at radius 3 is 2.70 bits per heavy atom. The molecular formula is C21H24N2O7. The molecule has 4 rings (SSSR count). The van der Waals surface area contributed by atoms with Crippen LogP contribution in [-0.2, 0) is 9.47 Å². The molecule has 0 radical (unpaired) electrons. The summed E-state index contributed by atoms with van der Waals surface area (Å²) in [6.07, 6.45) is -6.43. The van der Waals surface area contributed by atoms with Gasteiger partial charge in [0, 0.05) is 22.5 Å². The Bertz CT molecular complexity index is 1080. The van der Waals surface area contributed by atoms with Gasteiger partial charge >= 0.3 is 0 Å². The zero-order chi connectivity index (χ0) is 21.6. The van der Waals surface area contributed by atoms with E-state index in [1.807, 2.05) is 31.2 Å². The number of H-pyrrole nitrogens is 1. The van der Waals surface area contributed by atoms with Gasteiger partial charge in [0.1, 0.15) is 30.1 Å². The van der Waals surface area contributed by atoms with Gasteiger partial charge in [0.05, 0.1) is 18.2 Å². The summed E-state index contributed by atoms with van der Waals surface area (Å²) in [5, 5.41) is 41.5. The minimum absolute atomic E-state index is 0.0878. The monoisotopic (exact) mass is 416 g/mol. The van der Waals surface area contributed by atoms with Crippen LogP contribution in [0.4, 0.5) is 0 Å². The molecule has 30 heavy (non-hydrogen) atoms. The molecule has 3 aromatic rings. The van der Waals surface area contributed by atoms with E-state index in [-0.39, 0.29) is 5.69 Å². The van der Waals surface area contributed by atoms with Crippen molar-refractivity contribution in [3.63, 3.8) is 0 Å². The molecule has 5 N–H and O–H groups in total. The Morgan fingerprint density at radius 2 is 1.97 bits per heavy atom. The van der Waals surface area contributed by atoms with Crippen molar-refractivity contribution < 1.29 is 34.7 Å². The van der Waals surface area contributed by atoms with Crippen LogP contribution in [0.3, 0.4) is 0 Å². The number of para-hydroxylation sites is 1.